The van der Waals surface area contributed by atoms with Crippen molar-refractivity contribution in [3.8, 4) is 5.75 Å². The van der Waals surface area contributed by atoms with E-state index in [-0.39, 0.29) is 11.8 Å². The van der Waals surface area contributed by atoms with Gasteiger partial charge in [0.05, 0.1) is 18.6 Å². The van der Waals surface area contributed by atoms with E-state index in [9.17, 15) is 8.42 Å². The summed E-state index contributed by atoms with van der Waals surface area (Å²) in [6.07, 6.45) is 3.12. The number of methoxy groups -OCH3 is 1. The number of nitrogens with one attached hydrogen (secondary N) is 2. The number of para-hydroxylation sites is 2. The molecule has 0 aliphatic carbocycles. The number of piperidine rings is 1. The quantitative estimate of drug-likeness (QED) is 0.861. The fourth-order valence-electron chi connectivity index (χ4n) is 2.27. The highest BCUT2D eigenvalue weighted by Gasteiger charge is 2.21. The van der Waals surface area contributed by atoms with Crippen molar-refractivity contribution >= 4 is 15.7 Å². The zero-order chi connectivity index (χ0) is 13.7. The second kappa shape index (κ2) is 6.25. The van der Waals surface area contributed by atoms with Crippen LogP contribution in [0, 0.1) is 0 Å². The van der Waals surface area contributed by atoms with Crippen LogP contribution in [0.2, 0.25) is 0 Å². The van der Waals surface area contributed by atoms with Gasteiger partial charge in [0.1, 0.15) is 5.75 Å². The van der Waals surface area contributed by atoms with E-state index >= 15 is 0 Å². The second-order valence-corrected chi connectivity index (χ2v) is 6.50. The van der Waals surface area contributed by atoms with Crippen LogP contribution in [0.5, 0.6) is 5.75 Å². The zero-order valence-electron chi connectivity index (χ0n) is 11.1. The molecule has 1 aliphatic rings. The minimum atomic E-state index is -3.36. The first-order valence-corrected chi connectivity index (χ1v) is 8.13. The van der Waals surface area contributed by atoms with E-state index in [0.717, 1.165) is 25.8 Å². The molecule has 0 bridgehead atoms. The molecule has 106 valence electrons. The van der Waals surface area contributed by atoms with E-state index in [1.807, 2.05) is 0 Å². The molecule has 1 fully saturated rings. The van der Waals surface area contributed by atoms with Gasteiger partial charge in [-0.3, -0.25) is 4.72 Å². The summed E-state index contributed by atoms with van der Waals surface area (Å²) in [4.78, 5) is 0. The van der Waals surface area contributed by atoms with E-state index in [1.165, 1.54) is 7.11 Å². The van der Waals surface area contributed by atoms with Gasteiger partial charge in [0.25, 0.3) is 0 Å². The molecule has 1 atom stereocenters. The molecular formula is C13H20N2O3S. The van der Waals surface area contributed by atoms with Gasteiger partial charge in [-0.05, 0) is 31.5 Å². The van der Waals surface area contributed by atoms with Crippen LogP contribution in [-0.2, 0) is 10.0 Å². The number of hydrogen-bond donors (Lipinski definition) is 2. The molecule has 0 saturated carbocycles. The Morgan fingerprint density at radius 2 is 2.16 bits per heavy atom. The minimum Gasteiger partial charge on any atom is -0.495 e. The van der Waals surface area contributed by atoms with Crippen molar-refractivity contribution in [2.45, 2.75) is 25.3 Å². The Hall–Kier alpha value is -1.27. The van der Waals surface area contributed by atoms with Crippen LogP contribution in [-0.4, -0.2) is 33.9 Å². The van der Waals surface area contributed by atoms with Gasteiger partial charge in [0.15, 0.2) is 0 Å². The number of anilines is 1. The van der Waals surface area contributed by atoms with Crippen molar-refractivity contribution in [1.82, 2.24) is 5.32 Å². The lowest BCUT2D eigenvalue weighted by Gasteiger charge is -2.23. The Kier molecular flexibility index (Phi) is 4.66. The van der Waals surface area contributed by atoms with Crippen molar-refractivity contribution in [3.05, 3.63) is 24.3 Å². The van der Waals surface area contributed by atoms with Crippen LogP contribution >= 0.6 is 0 Å². The summed E-state index contributed by atoms with van der Waals surface area (Å²) in [5.41, 5.74) is 0.487. The molecule has 5 nitrogen and oxygen atoms in total. The highest BCUT2D eigenvalue weighted by molar-refractivity contribution is 7.92. The van der Waals surface area contributed by atoms with Gasteiger partial charge < -0.3 is 10.1 Å². The second-order valence-electron chi connectivity index (χ2n) is 4.73. The molecule has 0 spiro atoms. The van der Waals surface area contributed by atoms with Gasteiger partial charge >= 0.3 is 0 Å². The number of ether oxygens (including phenoxy) is 1. The maximum absolute atomic E-state index is 12.1. The molecule has 1 saturated heterocycles. The summed E-state index contributed by atoms with van der Waals surface area (Å²) in [5.74, 6) is 0.632. The van der Waals surface area contributed by atoms with Crippen LogP contribution < -0.4 is 14.8 Å². The Balaban J connectivity index is 2.03. The predicted octanol–water partition coefficient (Wildman–Crippen LogP) is 1.58. The van der Waals surface area contributed by atoms with Crippen molar-refractivity contribution in [2.75, 3.05) is 24.1 Å². The summed E-state index contributed by atoms with van der Waals surface area (Å²) < 4.78 is 32.0. The molecule has 0 aromatic heterocycles. The molecule has 1 heterocycles. The largest absolute Gasteiger partial charge is 0.495 e. The Morgan fingerprint density at radius 1 is 1.37 bits per heavy atom. The topological polar surface area (TPSA) is 67.4 Å². The maximum atomic E-state index is 12.1. The van der Waals surface area contributed by atoms with E-state index in [2.05, 4.69) is 10.0 Å². The SMILES string of the molecule is COc1ccccc1NS(=O)(=O)CC1CCCCN1. The lowest BCUT2D eigenvalue weighted by molar-refractivity contribution is 0.416. The van der Waals surface area contributed by atoms with Gasteiger partial charge in [-0.2, -0.15) is 0 Å². The number of sulfonamides is 1. The van der Waals surface area contributed by atoms with Gasteiger partial charge in [-0.25, -0.2) is 8.42 Å². The highest BCUT2D eigenvalue weighted by Crippen LogP contribution is 2.24. The molecule has 2 N–H and O–H groups in total. The highest BCUT2D eigenvalue weighted by atomic mass is 32.2. The third kappa shape index (κ3) is 4.11. The Bertz CT molecular complexity index is 510. The van der Waals surface area contributed by atoms with Gasteiger partial charge in [0, 0.05) is 6.04 Å². The van der Waals surface area contributed by atoms with Gasteiger partial charge in [-0.15, -0.1) is 0 Å². The van der Waals surface area contributed by atoms with E-state index in [0.29, 0.717) is 11.4 Å². The van der Waals surface area contributed by atoms with Crippen molar-refractivity contribution in [1.29, 1.82) is 0 Å². The van der Waals surface area contributed by atoms with Crippen molar-refractivity contribution < 1.29 is 13.2 Å². The standard InChI is InChI=1S/C13H20N2O3S/c1-18-13-8-3-2-7-12(13)15-19(16,17)10-11-6-4-5-9-14-11/h2-3,7-8,11,14-15H,4-6,9-10H2,1H3. The number of rotatable bonds is 5. The van der Waals surface area contributed by atoms with Crippen LogP contribution in [0.3, 0.4) is 0 Å². The van der Waals surface area contributed by atoms with Crippen LogP contribution in [0.1, 0.15) is 19.3 Å². The number of hydrogen-bond acceptors (Lipinski definition) is 4. The van der Waals surface area contributed by atoms with Crippen LogP contribution in [0.4, 0.5) is 5.69 Å². The smallest absolute Gasteiger partial charge is 0.234 e. The predicted molar refractivity (Wildman–Crippen MR) is 76.0 cm³/mol. The van der Waals surface area contributed by atoms with E-state index < -0.39 is 10.0 Å². The third-order valence-electron chi connectivity index (χ3n) is 3.21. The Labute approximate surface area is 114 Å². The minimum absolute atomic E-state index is 0.0426. The molecule has 1 aromatic rings. The third-order valence-corrected chi connectivity index (χ3v) is 4.58. The first kappa shape index (κ1) is 14.1. The molecule has 0 amide bonds. The monoisotopic (exact) mass is 284 g/mol. The van der Waals surface area contributed by atoms with Crippen molar-refractivity contribution in [3.63, 3.8) is 0 Å². The zero-order valence-corrected chi connectivity index (χ0v) is 11.9. The summed E-state index contributed by atoms with van der Waals surface area (Å²) in [5, 5.41) is 3.24. The van der Waals surface area contributed by atoms with E-state index in [4.69, 9.17) is 4.74 Å². The summed E-state index contributed by atoms with van der Waals surface area (Å²) >= 11 is 0. The van der Waals surface area contributed by atoms with Gasteiger partial charge in [0.2, 0.25) is 10.0 Å². The fraction of sp³-hybridized carbons (Fsp3) is 0.538. The molecule has 19 heavy (non-hydrogen) atoms. The normalized spacial score (nSPS) is 19.9. The molecule has 1 unspecified atom stereocenters. The Morgan fingerprint density at radius 3 is 2.84 bits per heavy atom. The molecule has 2 rings (SSSR count). The molecule has 0 radical (unpaired) electrons. The van der Waals surface area contributed by atoms with Crippen LogP contribution in [0.15, 0.2) is 24.3 Å². The average Bonchev–Trinajstić information content (AvgIpc) is 2.39. The molecule has 6 heteroatoms. The van der Waals surface area contributed by atoms with Crippen LogP contribution in [0.25, 0.3) is 0 Å². The average molecular weight is 284 g/mol. The first-order valence-electron chi connectivity index (χ1n) is 6.47. The maximum Gasteiger partial charge on any atom is 0.234 e. The summed E-state index contributed by atoms with van der Waals surface area (Å²) in [6, 6.07) is 7.06. The molecule has 1 aromatic carbocycles. The summed E-state index contributed by atoms with van der Waals surface area (Å²) in [6.45, 7) is 0.898. The lowest BCUT2D eigenvalue weighted by Crippen LogP contribution is -2.40. The van der Waals surface area contributed by atoms with Gasteiger partial charge in [-0.1, -0.05) is 18.6 Å². The molecular weight excluding hydrogens is 264 g/mol. The van der Waals surface area contributed by atoms with Crippen molar-refractivity contribution in [2.24, 2.45) is 0 Å². The van der Waals surface area contributed by atoms with E-state index in [1.54, 1.807) is 24.3 Å². The summed E-state index contributed by atoms with van der Waals surface area (Å²) in [7, 11) is -1.84. The number of benzene rings is 1. The first-order chi connectivity index (χ1) is 9.11. The fourth-order valence-corrected chi connectivity index (χ4v) is 3.67. The molecule has 1 aliphatic heterocycles. The lowest BCUT2D eigenvalue weighted by atomic mass is 10.1.